The van der Waals surface area contributed by atoms with E-state index >= 15 is 0 Å². The Morgan fingerprint density at radius 3 is 2.52 bits per heavy atom. The van der Waals surface area contributed by atoms with Crippen molar-refractivity contribution in [2.45, 2.75) is 39.2 Å². The maximum Gasteiger partial charge on any atom is 0.407 e. The van der Waals surface area contributed by atoms with Crippen molar-refractivity contribution in [2.75, 3.05) is 18.0 Å². The molecule has 0 radical (unpaired) electrons. The van der Waals surface area contributed by atoms with Crippen molar-refractivity contribution in [3.05, 3.63) is 22.9 Å². The van der Waals surface area contributed by atoms with Crippen LogP contribution in [0.4, 0.5) is 10.5 Å². The lowest BCUT2D eigenvalue weighted by Crippen LogP contribution is -2.51. The van der Waals surface area contributed by atoms with Crippen LogP contribution in [0.2, 0.25) is 0 Å². The molecule has 1 aromatic heterocycles. The zero-order valence-corrected chi connectivity index (χ0v) is 15.2. The fourth-order valence-corrected chi connectivity index (χ4v) is 2.99. The van der Waals surface area contributed by atoms with Crippen molar-refractivity contribution in [1.82, 2.24) is 9.88 Å². The van der Waals surface area contributed by atoms with E-state index in [0.717, 1.165) is 23.7 Å². The summed E-state index contributed by atoms with van der Waals surface area (Å²) in [5.74, 6) is 0. The number of carbonyl (C=O) groups excluding carboxylic acids is 1. The van der Waals surface area contributed by atoms with E-state index in [2.05, 4.69) is 20.9 Å². The lowest BCUT2D eigenvalue weighted by Gasteiger charge is -2.36. The summed E-state index contributed by atoms with van der Waals surface area (Å²) in [4.78, 5) is 30.3. The Morgan fingerprint density at radius 2 is 2.09 bits per heavy atom. The van der Waals surface area contributed by atoms with E-state index in [1.165, 1.54) is 9.80 Å². The number of nitrogens with zero attached hydrogens (tertiary/aromatic N) is 3. The van der Waals surface area contributed by atoms with Crippen LogP contribution in [0.1, 0.15) is 33.6 Å². The molecule has 0 unspecified atom stereocenters. The summed E-state index contributed by atoms with van der Waals surface area (Å²) in [5, 5.41) is 9.61. The minimum absolute atomic E-state index is 0.142. The molecule has 0 saturated heterocycles. The second-order valence-electron chi connectivity index (χ2n) is 7.25. The summed E-state index contributed by atoms with van der Waals surface area (Å²) in [5.41, 5.74) is 0.0152. The van der Waals surface area contributed by atoms with E-state index < -0.39 is 11.6 Å². The van der Waals surface area contributed by atoms with Gasteiger partial charge < -0.3 is 14.9 Å². The Hall–Kier alpha value is -1.63. The van der Waals surface area contributed by atoms with Crippen molar-refractivity contribution in [3.63, 3.8) is 0 Å². The average Bonchev–Trinajstić information content (AvgIpc) is 3.22. The van der Waals surface area contributed by atoms with Gasteiger partial charge in [-0.25, -0.2) is 4.79 Å². The van der Waals surface area contributed by atoms with Gasteiger partial charge in [0.1, 0.15) is 0 Å². The summed E-state index contributed by atoms with van der Waals surface area (Å²) in [6.45, 7) is 6.81. The van der Waals surface area contributed by atoms with Gasteiger partial charge in [-0.05, 0) is 40.3 Å². The van der Waals surface area contributed by atoms with Crippen LogP contribution in [-0.4, -0.2) is 46.1 Å². The van der Waals surface area contributed by atoms with Crippen LogP contribution < -0.4 is 4.90 Å². The fraction of sp³-hybridized carbons (Fsp3) is 0.562. The van der Waals surface area contributed by atoms with Crippen molar-refractivity contribution in [1.29, 1.82) is 0 Å². The van der Waals surface area contributed by atoms with E-state index in [1.807, 2.05) is 20.8 Å². The van der Waals surface area contributed by atoms with Gasteiger partial charge in [0.2, 0.25) is 6.41 Å². The molecule has 1 aliphatic rings. The first-order chi connectivity index (χ1) is 10.7. The van der Waals surface area contributed by atoms with Gasteiger partial charge >= 0.3 is 6.09 Å². The Morgan fingerprint density at radius 1 is 1.43 bits per heavy atom. The van der Waals surface area contributed by atoms with Gasteiger partial charge in [0.25, 0.3) is 0 Å². The molecule has 126 valence electrons. The predicted octanol–water partition coefficient (Wildman–Crippen LogP) is 3.37. The minimum atomic E-state index is -0.935. The number of anilines is 1. The molecular formula is C16H22BrN3O3. The number of rotatable bonds is 6. The lowest BCUT2D eigenvalue weighted by atomic mass is 9.95. The van der Waals surface area contributed by atoms with Crippen molar-refractivity contribution in [3.8, 4) is 0 Å². The number of amides is 2. The van der Waals surface area contributed by atoms with E-state index in [1.54, 1.807) is 18.5 Å². The minimum Gasteiger partial charge on any atom is -0.465 e. The Balaban J connectivity index is 2.21. The number of carboxylic acid groups (broad SMARTS) is 1. The van der Waals surface area contributed by atoms with Crippen LogP contribution in [0.3, 0.4) is 0 Å². The second kappa shape index (κ2) is 6.47. The molecule has 1 aliphatic carbocycles. The van der Waals surface area contributed by atoms with Gasteiger partial charge in [-0.3, -0.25) is 9.78 Å². The van der Waals surface area contributed by atoms with Crippen LogP contribution in [0.15, 0.2) is 22.9 Å². The first kappa shape index (κ1) is 17.7. The van der Waals surface area contributed by atoms with Gasteiger partial charge in [-0.15, -0.1) is 0 Å². The first-order valence-corrected chi connectivity index (χ1v) is 8.29. The summed E-state index contributed by atoms with van der Waals surface area (Å²) in [6.07, 6.45) is 4.57. The Labute approximate surface area is 144 Å². The Bertz CT molecular complexity index is 596. The summed E-state index contributed by atoms with van der Waals surface area (Å²) in [7, 11) is 0. The van der Waals surface area contributed by atoms with Gasteiger partial charge in [0.05, 0.1) is 17.4 Å². The quantitative estimate of drug-likeness (QED) is 0.764. The summed E-state index contributed by atoms with van der Waals surface area (Å²) >= 11 is 3.34. The number of halogens is 1. The zero-order valence-electron chi connectivity index (χ0n) is 13.6. The first-order valence-electron chi connectivity index (χ1n) is 7.50. The number of pyridine rings is 1. The standard InChI is InChI=1S/C16H22BrN3O3/c1-15(2,3)9-20(14(22)23)16(4-5-16)10-19(11-21)13-6-12(17)7-18-8-13/h6-8,11H,4-5,9-10H2,1-3H3,(H,22,23). The third-order valence-corrected chi connectivity index (χ3v) is 4.31. The molecule has 7 heteroatoms. The van der Waals surface area contributed by atoms with Crippen molar-refractivity contribution < 1.29 is 14.7 Å². The maximum absolute atomic E-state index is 11.7. The average molecular weight is 384 g/mol. The highest BCUT2D eigenvalue weighted by Crippen LogP contribution is 2.44. The molecule has 0 spiro atoms. The van der Waals surface area contributed by atoms with Crippen molar-refractivity contribution >= 4 is 34.1 Å². The van der Waals surface area contributed by atoms with E-state index in [0.29, 0.717) is 18.8 Å². The molecule has 0 bridgehead atoms. The molecule has 2 rings (SSSR count). The topological polar surface area (TPSA) is 73.7 Å². The molecule has 0 aromatic carbocycles. The van der Waals surface area contributed by atoms with Gasteiger partial charge in [0, 0.05) is 23.8 Å². The monoisotopic (exact) mass is 383 g/mol. The van der Waals surface area contributed by atoms with E-state index in [-0.39, 0.29) is 5.41 Å². The number of hydrogen-bond acceptors (Lipinski definition) is 3. The molecule has 0 atom stereocenters. The van der Waals surface area contributed by atoms with Crippen LogP contribution in [0.5, 0.6) is 0 Å². The molecule has 1 fully saturated rings. The molecule has 1 saturated carbocycles. The van der Waals surface area contributed by atoms with E-state index in [4.69, 9.17) is 0 Å². The molecular weight excluding hydrogens is 362 g/mol. The number of hydrogen-bond donors (Lipinski definition) is 1. The molecule has 2 amide bonds. The molecule has 23 heavy (non-hydrogen) atoms. The van der Waals surface area contributed by atoms with Crippen molar-refractivity contribution in [2.24, 2.45) is 5.41 Å². The fourth-order valence-electron chi connectivity index (χ4n) is 2.63. The largest absolute Gasteiger partial charge is 0.465 e. The molecule has 1 aromatic rings. The number of carbonyl (C=O) groups is 2. The Kier molecular flexibility index (Phi) is 4.98. The van der Waals surface area contributed by atoms with Crippen LogP contribution in [0.25, 0.3) is 0 Å². The molecule has 0 aliphatic heterocycles. The SMILES string of the molecule is CC(C)(C)CN(C(=O)O)C1(CN(C=O)c2cncc(Br)c2)CC1. The molecule has 1 heterocycles. The molecule has 1 N–H and O–H groups in total. The van der Waals surface area contributed by atoms with Crippen LogP contribution >= 0.6 is 15.9 Å². The maximum atomic E-state index is 11.7. The van der Waals surface area contributed by atoms with E-state index in [9.17, 15) is 14.7 Å². The zero-order chi connectivity index (χ0) is 17.3. The van der Waals surface area contributed by atoms with Gasteiger partial charge in [-0.2, -0.15) is 0 Å². The summed E-state index contributed by atoms with van der Waals surface area (Å²) < 4.78 is 0.775. The van der Waals surface area contributed by atoms with Crippen LogP contribution in [0, 0.1) is 5.41 Å². The third kappa shape index (κ3) is 4.43. The van der Waals surface area contributed by atoms with Crippen LogP contribution in [-0.2, 0) is 4.79 Å². The summed E-state index contributed by atoms with van der Waals surface area (Å²) in [6, 6.07) is 1.80. The lowest BCUT2D eigenvalue weighted by molar-refractivity contribution is -0.107. The highest BCUT2D eigenvalue weighted by molar-refractivity contribution is 9.10. The van der Waals surface area contributed by atoms with Gasteiger partial charge in [0.15, 0.2) is 0 Å². The second-order valence-corrected chi connectivity index (χ2v) is 8.16. The number of aromatic nitrogens is 1. The third-order valence-electron chi connectivity index (χ3n) is 3.88. The highest BCUT2D eigenvalue weighted by Gasteiger charge is 2.52. The highest BCUT2D eigenvalue weighted by atomic mass is 79.9. The van der Waals surface area contributed by atoms with Gasteiger partial charge in [-0.1, -0.05) is 20.8 Å². The smallest absolute Gasteiger partial charge is 0.407 e. The molecule has 6 nitrogen and oxygen atoms in total. The predicted molar refractivity (Wildman–Crippen MR) is 91.5 cm³/mol. The normalized spacial score (nSPS) is 15.8.